The molecule has 0 N–H and O–H groups in total. The Morgan fingerprint density at radius 2 is 1.79 bits per heavy atom. The normalized spacial score (nSPS) is 16.1. The lowest BCUT2D eigenvalue weighted by Gasteiger charge is -2.15. The maximum absolute atomic E-state index is 12.6. The molecule has 116 valence electrons. The first-order chi connectivity index (χ1) is 11.7. The summed E-state index contributed by atoms with van der Waals surface area (Å²) >= 11 is 6.56. The van der Waals surface area contributed by atoms with Crippen molar-refractivity contribution in [2.45, 2.75) is 0 Å². The second kappa shape index (κ2) is 7.26. The van der Waals surface area contributed by atoms with Crippen molar-refractivity contribution in [2.24, 2.45) is 0 Å². The van der Waals surface area contributed by atoms with E-state index in [1.165, 1.54) is 16.7 Å². The number of allylic oxidation sites excluding steroid dienone is 2. The maximum atomic E-state index is 12.6. The van der Waals surface area contributed by atoms with Crippen LogP contribution in [0, 0.1) is 11.3 Å². The van der Waals surface area contributed by atoms with Gasteiger partial charge in [0.1, 0.15) is 6.07 Å². The zero-order chi connectivity index (χ0) is 16.9. The minimum atomic E-state index is -0.203. The molecule has 0 aromatic heterocycles. The number of para-hydroxylation sites is 1. The van der Waals surface area contributed by atoms with Crippen molar-refractivity contribution >= 4 is 46.0 Å². The van der Waals surface area contributed by atoms with Crippen LogP contribution in [0.2, 0.25) is 0 Å². The van der Waals surface area contributed by atoms with Crippen molar-refractivity contribution < 1.29 is 4.79 Å². The summed E-state index contributed by atoms with van der Waals surface area (Å²) in [5.74, 6) is -0.203. The van der Waals surface area contributed by atoms with E-state index in [0.29, 0.717) is 20.5 Å². The zero-order valence-electron chi connectivity index (χ0n) is 12.5. The van der Waals surface area contributed by atoms with Gasteiger partial charge in [0.05, 0.1) is 16.2 Å². The monoisotopic (exact) mass is 348 g/mol. The van der Waals surface area contributed by atoms with Gasteiger partial charge >= 0.3 is 0 Å². The number of carbonyl (C=O) groups is 1. The molecule has 0 radical (unpaired) electrons. The van der Waals surface area contributed by atoms with Crippen LogP contribution in [0.5, 0.6) is 0 Å². The second-order valence-electron chi connectivity index (χ2n) is 4.94. The number of carbonyl (C=O) groups excluding carboxylic acids is 1. The Hall–Kier alpha value is -2.68. The Bertz CT molecular complexity index is 895. The summed E-state index contributed by atoms with van der Waals surface area (Å²) in [5, 5.41) is 9.22. The molecule has 0 atom stereocenters. The average molecular weight is 348 g/mol. The van der Waals surface area contributed by atoms with Crippen molar-refractivity contribution in [1.29, 1.82) is 5.26 Å². The van der Waals surface area contributed by atoms with Crippen LogP contribution in [-0.2, 0) is 4.79 Å². The van der Waals surface area contributed by atoms with Crippen LogP contribution in [0.15, 0.2) is 71.7 Å². The van der Waals surface area contributed by atoms with Gasteiger partial charge < -0.3 is 0 Å². The molecule has 0 saturated carbocycles. The van der Waals surface area contributed by atoms with Crippen LogP contribution >= 0.6 is 24.0 Å². The molecule has 3 rings (SSSR count). The highest BCUT2D eigenvalue weighted by atomic mass is 32.2. The van der Waals surface area contributed by atoms with Gasteiger partial charge in [-0.05, 0) is 23.8 Å². The van der Waals surface area contributed by atoms with Crippen molar-refractivity contribution in [2.75, 3.05) is 4.90 Å². The molecule has 0 spiro atoms. The van der Waals surface area contributed by atoms with E-state index in [4.69, 9.17) is 12.2 Å². The summed E-state index contributed by atoms with van der Waals surface area (Å²) < 4.78 is 0.432. The van der Waals surface area contributed by atoms with Crippen molar-refractivity contribution in [3.05, 3.63) is 82.8 Å². The average Bonchev–Trinajstić information content (AvgIpc) is 2.89. The third kappa shape index (κ3) is 3.30. The second-order valence-corrected chi connectivity index (χ2v) is 6.61. The number of rotatable bonds is 3. The molecule has 24 heavy (non-hydrogen) atoms. The topological polar surface area (TPSA) is 44.1 Å². The SMILES string of the molecule is N#Cc1ccccc1N1C(=O)/C(=C/C=C\c2ccccc2)SC1=S. The Morgan fingerprint density at radius 3 is 2.54 bits per heavy atom. The van der Waals surface area contributed by atoms with Crippen LogP contribution < -0.4 is 4.90 Å². The van der Waals surface area contributed by atoms with E-state index in [1.54, 1.807) is 30.3 Å². The van der Waals surface area contributed by atoms with Crippen molar-refractivity contribution in [3.63, 3.8) is 0 Å². The van der Waals surface area contributed by atoms with Gasteiger partial charge in [0.15, 0.2) is 4.32 Å². The molecule has 1 heterocycles. The van der Waals surface area contributed by atoms with Gasteiger partial charge in [-0.3, -0.25) is 9.69 Å². The van der Waals surface area contributed by atoms with Crippen LogP contribution in [0.3, 0.4) is 0 Å². The van der Waals surface area contributed by atoms with Gasteiger partial charge in [0, 0.05) is 0 Å². The predicted octanol–water partition coefficient (Wildman–Crippen LogP) is 4.52. The van der Waals surface area contributed by atoms with Crippen LogP contribution in [0.1, 0.15) is 11.1 Å². The first-order valence-corrected chi connectivity index (χ1v) is 8.42. The molecule has 2 aromatic rings. The summed E-state index contributed by atoms with van der Waals surface area (Å²) in [5.41, 5.74) is 2.01. The number of hydrogen-bond acceptors (Lipinski definition) is 4. The Balaban J connectivity index is 1.86. The molecular weight excluding hydrogens is 336 g/mol. The third-order valence-corrected chi connectivity index (χ3v) is 4.72. The standard InChI is InChI=1S/C19H12N2OS2/c20-13-15-10-4-5-11-16(15)21-18(22)17(24-19(21)23)12-6-9-14-7-2-1-3-8-14/h1-12H/b9-6-,17-12-. The summed E-state index contributed by atoms with van der Waals surface area (Å²) in [6, 6.07) is 18.9. The molecular formula is C19H12N2OS2. The van der Waals surface area contributed by atoms with Gasteiger partial charge in [0.2, 0.25) is 0 Å². The van der Waals surface area contributed by atoms with Crippen LogP contribution in [0.25, 0.3) is 6.08 Å². The van der Waals surface area contributed by atoms with Crippen molar-refractivity contribution in [3.8, 4) is 6.07 Å². The highest BCUT2D eigenvalue weighted by Crippen LogP contribution is 2.36. The van der Waals surface area contributed by atoms with E-state index in [1.807, 2.05) is 42.5 Å². The molecule has 0 aliphatic carbocycles. The fourth-order valence-electron chi connectivity index (χ4n) is 2.26. The quantitative estimate of drug-likeness (QED) is 0.604. The lowest BCUT2D eigenvalue weighted by molar-refractivity contribution is -0.113. The number of anilines is 1. The first kappa shape index (κ1) is 16.2. The van der Waals surface area contributed by atoms with E-state index < -0.39 is 0 Å². The smallest absolute Gasteiger partial charge is 0.268 e. The number of thioether (sulfide) groups is 1. The Kier molecular flexibility index (Phi) is 4.90. The number of hydrogen-bond donors (Lipinski definition) is 0. The first-order valence-electron chi connectivity index (χ1n) is 7.19. The van der Waals surface area contributed by atoms with E-state index in [9.17, 15) is 10.1 Å². The van der Waals surface area contributed by atoms with Gasteiger partial charge in [0.25, 0.3) is 5.91 Å². The van der Waals surface area contributed by atoms with E-state index in [0.717, 1.165) is 5.56 Å². The fraction of sp³-hybridized carbons (Fsp3) is 0. The molecule has 5 heteroatoms. The van der Waals surface area contributed by atoms with Crippen LogP contribution in [0.4, 0.5) is 5.69 Å². The van der Waals surface area contributed by atoms with Gasteiger partial charge in [-0.15, -0.1) is 0 Å². The molecule has 2 aromatic carbocycles. The van der Waals surface area contributed by atoms with E-state index >= 15 is 0 Å². The summed E-state index contributed by atoms with van der Waals surface area (Å²) in [6.45, 7) is 0. The summed E-state index contributed by atoms with van der Waals surface area (Å²) in [4.78, 5) is 14.6. The highest BCUT2D eigenvalue weighted by Gasteiger charge is 2.34. The number of thiocarbonyl (C=S) groups is 1. The molecule has 1 amide bonds. The molecule has 3 nitrogen and oxygen atoms in total. The molecule has 1 saturated heterocycles. The maximum Gasteiger partial charge on any atom is 0.270 e. The number of amides is 1. The number of benzene rings is 2. The minimum absolute atomic E-state index is 0.203. The Labute approximate surface area is 149 Å². The largest absolute Gasteiger partial charge is 0.270 e. The summed E-state index contributed by atoms with van der Waals surface area (Å²) in [6.07, 6.45) is 5.51. The predicted molar refractivity (Wildman–Crippen MR) is 102 cm³/mol. The summed E-state index contributed by atoms with van der Waals surface area (Å²) in [7, 11) is 0. The lowest BCUT2D eigenvalue weighted by Crippen LogP contribution is -2.28. The van der Waals surface area contributed by atoms with Gasteiger partial charge in [-0.2, -0.15) is 5.26 Å². The van der Waals surface area contributed by atoms with E-state index in [-0.39, 0.29) is 5.91 Å². The van der Waals surface area contributed by atoms with Crippen molar-refractivity contribution in [1.82, 2.24) is 0 Å². The third-order valence-electron chi connectivity index (χ3n) is 3.39. The zero-order valence-corrected chi connectivity index (χ0v) is 14.2. The molecule has 0 bridgehead atoms. The lowest BCUT2D eigenvalue weighted by atomic mass is 10.2. The van der Waals surface area contributed by atoms with Crippen LogP contribution in [-0.4, -0.2) is 10.2 Å². The number of nitrogens with zero attached hydrogens (tertiary/aromatic N) is 2. The molecule has 1 fully saturated rings. The van der Waals surface area contributed by atoms with Gasteiger partial charge in [-0.1, -0.05) is 78.6 Å². The van der Waals surface area contributed by atoms with Gasteiger partial charge in [-0.25, -0.2) is 0 Å². The fourth-order valence-corrected chi connectivity index (χ4v) is 3.50. The number of nitriles is 1. The highest BCUT2D eigenvalue weighted by molar-refractivity contribution is 8.27. The van der Waals surface area contributed by atoms with E-state index in [2.05, 4.69) is 6.07 Å². The molecule has 0 unspecified atom stereocenters. The molecule has 1 aliphatic rings. The molecule has 1 aliphatic heterocycles. The Morgan fingerprint density at radius 1 is 1.08 bits per heavy atom. The minimum Gasteiger partial charge on any atom is -0.268 e.